The van der Waals surface area contributed by atoms with E-state index in [1.807, 2.05) is 19.2 Å². The highest BCUT2D eigenvalue weighted by Gasteiger charge is 2.20. The van der Waals surface area contributed by atoms with Crippen molar-refractivity contribution in [2.75, 3.05) is 7.05 Å². The molecule has 1 nitrogen and oxygen atoms in total. The molecule has 0 spiro atoms. The predicted molar refractivity (Wildman–Crippen MR) is 81.7 cm³/mol. The summed E-state index contributed by atoms with van der Waals surface area (Å²) in [5.74, 6) is 0. The average Bonchev–Trinajstić information content (AvgIpc) is 2.64. The third-order valence-corrected chi connectivity index (χ3v) is 4.65. The molecular formula is C12H9Cl4NS. The van der Waals surface area contributed by atoms with Gasteiger partial charge in [0.2, 0.25) is 0 Å². The summed E-state index contributed by atoms with van der Waals surface area (Å²) in [6, 6.07) is 7.06. The second-order valence-electron chi connectivity index (χ2n) is 3.67. The molecule has 1 aromatic carbocycles. The smallest absolute Gasteiger partial charge is 0.0995 e. The van der Waals surface area contributed by atoms with Gasteiger partial charge in [-0.2, -0.15) is 0 Å². The van der Waals surface area contributed by atoms with Gasteiger partial charge in [0.05, 0.1) is 14.7 Å². The molecule has 0 aliphatic rings. The quantitative estimate of drug-likeness (QED) is 0.758. The van der Waals surface area contributed by atoms with Crippen LogP contribution in [-0.2, 0) is 0 Å². The highest BCUT2D eigenvalue weighted by Crippen LogP contribution is 2.39. The first-order valence-corrected chi connectivity index (χ1v) is 7.42. The van der Waals surface area contributed by atoms with Crippen molar-refractivity contribution in [2.24, 2.45) is 0 Å². The fourth-order valence-corrected chi connectivity index (χ4v) is 3.70. The summed E-state index contributed by atoms with van der Waals surface area (Å²) in [6.45, 7) is 0. The van der Waals surface area contributed by atoms with Gasteiger partial charge in [-0.3, -0.25) is 0 Å². The largest absolute Gasteiger partial charge is 0.309 e. The second-order valence-corrected chi connectivity index (χ2v) is 6.80. The molecule has 1 N–H and O–H groups in total. The van der Waals surface area contributed by atoms with Crippen LogP contribution in [0, 0.1) is 0 Å². The highest BCUT2D eigenvalue weighted by molar-refractivity contribution is 7.20. The lowest BCUT2D eigenvalue weighted by molar-refractivity contribution is 0.695. The minimum Gasteiger partial charge on any atom is -0.309 e. The van der Waals surface area contributed by atoms with Crippen LogP contribution in [0.5, 0.6) is 0 Å². The molecule has 2 aromatic rings. The SMILES string of the molecule is CNC(c1cc(Cl)ccc1Cl)c1cc(Cl)sc1Cl. The van der Waals surface area contributed by atoms with E-state index >= 15 is 0 Å². The highest BCUT2D eigenvalue weighted by atomic mass is 35.5. The number of halogens is 4. The topological polar surface area (TPSA) is 12.0 Å². The Morgan fingerprint density at radius 3 is 2.33 bits per heavy atom. The molecule has 0 saturated carbocycles. The third kappa shape index (κ3) is 2.96. The molecule has 18 heavy (non-hydrogen) atoms. The molecule has 1 heterocycles. The molecule has 0 saturated heterocycles. The van der Waals surface area contributed by atoms with Crippen LogP contribution < -0.4 is 5.32 Å². The number of benzene rings is 1. The normalized spacial score (nSPS) is 12.7. The molecule has 0 aliphatic carbocycles. The summed E-state index contributed by atoms with van der Waals surface area (Å²) in [5.41, 5.74) is 1.78. The summed E-state index contributed by atoms with van der Waals surface area (Å²) in [5, 5.41) is 4.45. The average molecular weight is 341 g/mol. The van der Waals surface area contributed by atoms with E-state index in [9.17, 15) is 0 Å². The van der Waals surface area contributed by atoms with Gasteiger partial charge in [-0.15, -0.1) is 11.3 Å². The molecule has 6 heteroatoms. The second kappa shape index (κ2) is 6.00. The Kier molecular flexibility index (Phi) is 4.81. The minimum absolute atomic E-state index is 0.132. The molecule has 0 fully saturated rings. The molecule has 0 amide bonds. The lowest BCUT2D eigenvalue weighted by atomic mass is 10.0. The van der Waals surface area contributed by atoms with E-state index in [0.717, 1.165) is 11.1 Å². The lowest BCUT2D eigenvalue weighted by Gasteiger charge is -2.18. The number of hydrogen-bond donors (Lipinski definition) is 1. The van der Waals surface area contributed by atoms with Gasteiger partial charge < -0.3 is 5.32 Å². The minimum atomic E-state index is -0.132. The first-order chi connectivity index (χ1) is 8.52. The Hall–Kier alpha value is 0.0400. The summed E-state index contributed by atoms with van der Waals surface area (Å²) in [7, 11) is 1.84. The van der Waals surface area contributed by atoms with Crippen LogP contribution >= 0.6 is 57.7 Å². The van der Waals surface area contributed by atoms with Gasteiger partial charge in [-0.25, -0.2) is 0 Å². The Bertz CT molecular complexity index is 567. The van der Waals surface area contributed by atoms with Crippen molar-refractivity contribution in [3.63, 3.8) is 0 Å². The zero-order valence-corrected chi connectivity index (χ0v) is 13.1. The maximum atomic E-state index is 6.21. The molecule has 96 valence electrons. The van der Waals surface area contributed by atoms with Gasteiger partial charge in [-0.1, -0.05) is 46.4 Å². The van der Waals surface area contributed by atoms with Crippen molar-refractivity contribution in [3.05, 3.63) is 54.1 Å². The number of thiophene rings is 1. The van der Waals surface area contributed by atoms with Crippen molar-refractivity contribution in [2.45, 2.75) is 6.04 Å². The van der Waals surface area contributed by atoms with Crippen molar-refractivity contribution in [1.29, 1.82) is 0 Å². The van der Waals surface area contributed by atoms with Gasteiger partial charge >= 0.3 is 0 Å². The van der Waals surface area contributed by atoms with Crippen LogP contribution in [0.3, 0.4) is 0 Å². The number of nitrogens with one attached hydrogen (secondary N) is 1. The van der Waals surface area contributed by atoms with Gasteiger partial charge in [0.1, 0.15) is 0 Å². The van der Waals surface area contributed by atoms with E-state index in [0.29, 0.717) is 18.7 Å². The van der Waals surface area contributed by atoms with E-state index in [-0.39, 0.29) is 6.04 Å². The summed E-state index contributed by atoms with van der Waals surface area (Å²) in [6.07, 6.45) is 0. The van der Waals surface area contributed by atoms with Gasteiger partial charge in [-0.05, 0) is 36.9 Å². The summed E-state index contributed by atoms with van der Waals surface area (Å²) < 4.78 is 1.30. The van der Waals surface area contributed by atoms with E-state index in [4.69, 9.17) is 46.4 Å². The fourth-order valence-electron chi connectivity index (χ4n) is 1.76. The Balaban J connectivity index is 2.51. The predicted octanol–water partition coefficient (Wildman–Crippen LogP) is 5.67. The van der Waals surface area contributed by atoms with E-state index < -0.39 is 0 Å². The maximum Gasteiger partial charge on any atom is 0.0995 e. The van der Waals surface area contributed by atoms with Crippen LogP contribution in [-0.4, -0.2) is 7.05 Å². The van der Waals surface area contributed by atoms with Crippen LogP contribution in [0.1, 0.15) is 17.2 Å². The van der Waals surface area contributed by atoms with Crippen molar-refractivity contribution >= 4 is 57.7 Å². The molecule has 2 rings (SSSR count). The first-order valence-electron chi connectivity index (χ1n) is 5.10. The number of hydrogen-bond acceptors (Lipinski definition) is 2. The zero-order valence-electron chi connectivity index (χ0n) is 9.31. The molecule has 0 bridgehead atoms. The summed E-state index contributed by atoms with van der Waals surface area (Å²) in [4.78, 5) is 0. The van der Waals surface area contributed by atoms with Crippen LogP contribution in [0.25, 0.3) is 0 Å². The fraction of sp³-hybridized carbons (Fsp3) is 0.167. The van der Waals surface area contributed by atoms with Crippen LogP contribution in [0.2, 0.25) is 18.7 Å². The van der Waals surface area contributed by atoms with E-state index in [1.165, 1.54) is 11.3 Å². The Morgan fingerprint density at radius 2 is 1.78 bits per heavy atom. The molecule has 0 aliphatic heterocycles. The monoisotopic (exact) mass is 339 g/mol. The number of rotatable bonds is 3. The van der Waals surface area contributed by atoms with Crippen LogP contribution in [0.15, 0.2) is 24.3 Å². The Labute approximate surface area is 130 Å². The summed E-state index contributed by atoms with van der Waals surface area (Å²) >= 11 is 25.7. The molecule has 1 aromatic heterocycles. The van der Waals surface area contributed by atoms with Crippen molar-refractivity contribution in [3.8, 4) is 0 Å². The first kappa shape index (κ1) is 14.4. The van der Waals surface area contributed by atoms with Gasteiger partial charge in [0.15, 0.2) is 0 Å². The van der Waals surface area contributed by atoms with E-state index in [2.05, 4.69) is 5.32 Å². The Morgan fingerprint density at radius 1 is 1.06 bits per heavy atom. The van der Waals surface area contributed by atoms with Gasteiger partial charge in [0, 0.05) is 15.6 Å². The van der Waals surface area contributed by atoms with Crippen molar-refractivity contribution < 1.29 is 0 Å². The third-order valence-electron chi connectivity index (χ3n) is 2.55. The lowest BCUT2D eigenvalue weighted by Crippen LogP contribution is -2.17. The van der Waals surface area contributed by atoms with Crippen LogP contribution in [0.4, 0.5) is 0 Å². The maximum absolute atomic E-state index is 6.21. The molecule has 1 atom stereocenters. The zero-order chi connectivity index (χ0) is 13.3. The molecule has 1 unspecified atom stereocenters. The van der Waals surface area contributed by atoms with E-state index in [1.54, 1.807) is 12.1 Å². The molecule has 0 radical (unpaired) electrons. The van der Waals surface area contributed by atoms with Crippen molar-refractivity contribution in [1.82, 2.24) is 5.32 Å². The standard InChI is InChI=1S/C12H9Cl4NS/c1-17-11(8-5-10(15)18-12(8)16)7-4-6(13)2-3-9(7)14/h2-5,11,17H,1H3. The van der Waals surface area contributed by atoms with Gasteiger partial charge in [0.25, 0.3) is 0 Å². The molecular weight excluding hydrogens is 332 g/mol.